The van der Waals surface area contributed by atoms with Crippen LogP contribution in [-0.4, -0.2) is 16.6 Å². The second kappa shape index (κ2) is 5.82. The lowest BCUT2D eigenvalue weighted by Crippen LogP contribution is -2.28. The summed E-state index contributed by atoms with van der Waals surface area (Å²) in [7, 11) is 0. The van der Waals surface area contributed by atoms with Gasteiger partial charge >= 0.3 is 0 Å². The predicted molar refractivity (Wildman–Crippen MR) is 71.1 cm³/mol. The van der Waals surface area contributed by atoms with Gasteiger partial charge in [0.1, 0.15) is 5.82 Å². The van der Waals surface area contributed by atoms with Crippen molar-refractivity contribution in [3.05, 3.63) is 35.0 Å². The molecule has 0 radical (unpaired) electrons. The van der Waals surface area contributed by atoms with E-state index in [0.29, 0.717) is 11.7 Å². The van der Waals surface area contributed by atoms with Crippen LogP contribution < -0.4 is 10.6 Å². The maximum Gasteiger partial charge on any atom is 0.172 e. The number of nitrogens with one attached hydrogen (secondary N) is 2. The van der Waals surface area contributed by atoms with Crippen molar-refractivity contribution in [2.24, 2.45) is 0 Å². The van der Waals surface area contributed by atoms with Crippen molar-refractivity contribution in [2.75, 3.05) is 11.9 Å². The third-order valence-electron chi connectivity index (χ3n) is 1.67. The largest absolute Gasteiger partial charge is 0.359 e. The summed E-state index contributed by atoms with van der Waals surface area (Å²) in [5.74, 6) is 0.734. The van der Waals surface area contributed by atoms with E-state index >= 15 is 0 Å². The van der Waals surface area contributed by atoms with Crippen molar-refractivity contribution in [1.29, 1.82) is 0 Å². The average molecular weight is 286 g/mol. The van der Waals surface area contributed by atoms with Crippen LogP contribution in [0.15, 0.2) is 29.3 Å². The minimum Gasteiger partial charge on any atom is -0.359 e. The number of halogens is 1. The zero-order chi connectivity index (χ0) is 11.3. The molecule has 1 rings (SSSR count). The highest BCUT2D eigenvalue weighted by Crippen LogP contribution is 2.15. The molecule has 0 saturated carbocycles. The van der Waals surface area contributed by atoms with Gasteiger partial charge in [0.05, 0.1) is 5.69 Å². The molecule has 1 aromatic heterocycles. The van der Waals surface area contributed by atoms with Crippen LogP contribution in [0.2, 0.25) is 0 Å². The fourth-order valence-corrected chi connectivity index (χ4v) is 1.35. The number of rotatable bonds is 3. The quantitative estimate of drug-likeness (QED) is 0.661. The molecule has 0 aliphatic heterocycles. The summed E-state index contributed by atoms with van der Waals surface area (Å²) in [6.45, 7) is 6.16. The fraction of sp³-hybridized carbons (Fsp3) is 0.200. The summed E-state index contributed by atoms with van der Waals surface area (Å²) in [6, 6.07) is 3.79. The highest BCUT2D eigenvalue weighted by molar-refractivity contribution is 9.10. The normalized spacial score (nSPS) is 9.47. The molecule has 1 heterocycles. The van der Waals surface area contributed by atoms with Crippen molar-refractivity contribution in [1.82, 2.24) is 10.3 Å². The Kier molecular flexibility index (Phi) is 4.71. The summed E-state index contributed by atoms with van der Waals surface area (Å²) < 4.78 is 0.984. The lowest BCUT2D eigenvalue weighted by Gasteiger charge is -2.08. The molecular weight excluding hydrogens is 274 g/mol. The van der Waals surface area contributed by atoms with E-state index < -0.39 is 0 Å². The summed E-state index contributed by atoms with van der Waals surface area (Å²) >= 11 is 8.44. The Morgan fingerprint density at radius 1 is 1.67 bits per heavy atom. The lowest BCUT2D eigenvalue weighted by atomic mass is 10.4. The molecule has 0 aliphatic carbocycles. The standard InChI is InChI=1S/C10H12BrN3S/c1-3-6-12-10(15)14-9-5-4-8(11)7(2)13-9/h3-5H,1,6H2,2H3,(H2,12,13,14,15). The molecule has 0 aliphatic rings. The van der Waals surface area contributed by atoms with Gasteiger partial charge in [0, 0.05) is 11.0 Å². The number of aryl methyl sites for hydroxylation is 1. The zero-order valence-corrected chi connectivity index (χ0v) is 10.8. The van der Waals surface area contributed by atoms with Gasteiger partial charge < -0.3 is 10.6 Å². The molecule has 0 fully saturated rings. The number of thiocarbonyl (C=S) groups is 1. The van der Waals surface area contributed by atoms with Crippen LogP contribution in [-0.2, 0) is 0 Å². The highest BCUT2D eigenvalue weighted by Gasteiger charge is 2.00. The van der Waals surface area contributed by atoms with Gasteiger partial charge in [-0.1, -0.05) is 6.08 Å². The van der Waals surface area contributed by atoms with Gasteiger partial charge in [-0.25, -0.2) is 4.98 Å². The van der Waals surface area contributed by atoms with Crippen LogP contribution in [0, 0.1) is 6.92 Å². The van der Waals surface area contributed by atoms with E-state index in [0.717, 1.165) is 16.0 Å². The van der Waals surface area contributed by atoms with E-state index in [2.05, 4.69) is 38.1 Å². The van der Waals surface area contributed by atoms with Gasteiger partial charge in [0.15, 0.2) is 5.11 Å². The number of nitrogens with zero attached hydrogens (tertiary/aromatic N) is 1. The smallest absolute Gasteiger partial charge is 0.172 e. The summed E-state index contributed by atoms with van der Waals surface area (Å²) in [6.07, 6.45) is 1.74. The van der Waals surface area contributed by atoms with Crippen LogP contribution in [0.4, 0.5) is 5.82 Å². The number of anilines is 1. The van der Waals surface area contributed by atoms with Crippen LogP contribution in [0.1, 0.15) is 5.69 Å². The number of aromatic nitrogens is 1. The third kappa shape index (κ3) is 3.97. The van der Waals surface area contributed by atoms with Gasteiger partial charge in [0.25, 0.3) is 0 Å². The average Bonchev–Trinajstić information content (AvgIpc) is 2.20. The molecule has 1 aromatic rings. The van der Waals surface area contributed by atoms with Crippen molar-refractivity contribution in [3.8, 4) is 0 Å². The molecule has 0 bridgehead atoms. The summed E-state index contributed by atoms with van der Waals surface area (Å²) in [4.78, 5) is 4.31. The van der Waals surface area contributed by atoms with Crippen LogP contribution in [0.3, 0.4) is 0 Å². The van der Waals surface area contributed by atoms with Gasteiger partial charge in [-0.05, 0) is 47.2 Å². The fourth-order valence-electron chi connectivity index (χ4n) is 0.939. The molecule has 0 unspecified atom stereocenters. The van der Waals surface area contributed by atoms with E-state index in [4.69, 9.17) is 12.2 Å². The van der Waals surface area contributed by atoms with E-state index in [9.17, 15) is 0 Å². The zero-order valence-electron chi connectivity index (χ0n) is 8.38. The van der Waals surface area contributed by atoms with Gasteiger partial charge in [-0.2, -0.15) is 0 Å². The van der Waals surface area contributed by atoms with E-state index in [1.165, 1.54) is 0 Å². The molecule has 5 heteroatoms. The minimum absolute atomic E-state index is 0.545. The SMILES string of the molecule is C=CCNC(=S)Nc1ccc(Br)c(C)n1. The maximum atomic E-state index is 5.06. The van der Waals surface area contributed by atoms with E-state index in [1.54, 1.807) is 6.08 Å². The Bertz CT molecular complexity index is 379. The topological polar surface area (TPSA) is 37.0 Å². The lowest BCUT2D eigenvalue weighted by molar-refractivity contribution is 1.06. The van der Waals surface area contributed by atoms with Crippen molar-refractivity contribution >= 4 is 39.1 Å². The molecular formula is C10H12BrN3S. The number of pyridine rings is 1. The first-order valence-corrected chi connectivity index (χ1v) is 5.62. The third-order valence-corrected chi connectivity index (χ3v) is 2.75. The Hall–Kier alpha value is -0.940. The molecule has 2 N–H and O–H groups in total. The summed E-state index contributed by atoms with van der Waals surface area (Å²) in [5.41, 5.74) is 0.923. The Labute approximate surface area is 103 Å². The van der Waals surface area contributed by atoms with Gasteiger partial charge in [-0.15, -0.1) is 6.58 Å². The van der Waals surface area contributed by atoms with Crippen LogP contribution in [0.25, 0.3) is 0 Å². The van der Waals surface area contributed by atoms with Crippen molar-refractivity contribution < 1.29 is 0 Å². The molecule has 0 aromatic carbocycles. The minimum atomic E-state index is 0.545. The molecule has 3 nitrogen and oxygen atoms in total. The first-order chi connectivity index (χ1) is 7.13. The van der Waals surface area contributed by atoms with Gasteiger partial charge in [-0.3, -0.25) is 0 Å². The predicted octanol–water partition coefficient (Wildman–Crippen LogP) is 2.62. The van der Waals surface area contributed by atoms with E-state index in [-0.39, 0.29) is 0 Å². The second-order valence-electron chi connectivity index (χ2n) is 2.89. The van der Waals surface area contributed by atoms with Crippen molar-refractivity contribution in [2.45, 2.75) is 6.92 Å². The first kappa shape index (κ1) is 12.1. The molecule has 15 heavy (non-hydrogen) atoms. The monoisotopic (exact) mass is 285 g/mol. The van der Waals surface area contributed by atoms with Gasteiger partial charge in [0.2, 0.25) is 0 Å². The maximum absolute atomic E-state index is 5.06. The molecule has 80 valence electrons. The summed E-state index contributed by atoms with van der Waals surface area (Å²) in [5, 5.41) is 6.50. The van der Waals surface area contributed by atoms with Crippen LogP contribution >= 0.6 is 28.1 Å². The number of hydrogen-bond donors (Lipinski definition) is 2. The second-order valence-corrected chi connectivity index (χ2v) is 4.15. The molecule has 0 amide bonds. The molecule has 0 spiro atoms. The highest BCUT2D eigenvalue weighted by atomic mass is 79.9. The Balaban J connectivity index is 2.60. The molecule has 0 saturated heterocycles. The number of hydrogen-bond acceptors (Lipinski definition) is 2. The Morgan fingerprint density at radius 3 is 3.00 bits per heavy atom. The Morgan fingerprint density at radius 2 is 2.40 bits per heavy atom. The molecule has 0 atom stereocenters. The van der Waals surface area contributed by atoms with Crippen molar-refractivity contribution in [3.63, 3.8) is 0 Å². The first-order valence-electron chi connectivity index (χ1n) is 4.42. The van der Waals surface area contributed by atoms with Crippen LogP contribution in [0.5, 0.6) is 0 Å². The van der Waals surface area contributed by atoms with E-state index in [1.807, 2.05) is 19.1 Å².